The number of hydrogen-bond acceptors (Lipinski definition) is 5. The summed E-state index contributed by atoms with van der Waals surface area (Å²) in [7, 11) is 3.09. The highest BCUT2D eigenvalue weighted by Gasteiger charge is 2.12. The molecular weight excluding hydrogens is 423 g/mol. The number of halogens is 1. The first kappa shape index (κ1) is 17.7. The van der Waals surface area contributed by atoms with E-state index < -0.39 is 4.92 Å². The van der Waals surface area contributed by atoms with Crippen molar-refractivity contribution in [1.29, 1.82) is 5.26 Å². The summed E-state index contributed by atoms with van der Waals surface area (Å²) in [4.78, 5) is 10.4. The molecule has 2 rings (SSSR count). The minimum absolute atomic E-state index is 0.0597. The lowest BCUT2D eigenvalue weighted by Gasteiger charge is -2.10. The average molecular weight is 436 g/mol. The Morgan fingerprint density at radius 3 is 2.62 bits per heavy atom. The molecule has 0 unspecified atom stereocenters. The van der Waals surface area contributed by atoms with Crippen LogP contribution in [0.1, 0.15) is 11.1 Å². The zero-order valence-corrected chi connectivity index (χ0v) is 15.1. The first-order valence-electron chi connectivity index (χ1n) is 6.78. The van der Waals surface area contributed by atoms with E-state index in [4.69, 9.17) is 9.47 Å². The number of nitro benzene ring substituents is 1. The Bertz CT molecular complexity index is 856. The fourth-order valence-electron chi connectivity index (χ4n) is 2.16. The number of non-ortho nitro benzene ring substituents is 1. The van der Waals surface area contributed by atoms with E-state index >= 15 is 0 Å². The number of nitrogens with zero attached hydrogens (tertiary/aromatic N) is 2. The van der Waals surface area contributed by atoms with Crippen molar-refractivity contribution in [3.8, 4) is 17.6 Å². The van der Waals surface area contributed by atoms with Gasteiger partial charge >= 0.3 is 0 Å². The molecule has 0 spiro atoms. The maximum Gasteiger partial charge on any atom is 0.270 e. The molecule has 7 heteroatoms. The number of hydrogen-bond donors (Lipinski definition) is 0. The van der Waals surface area contributed by atoms with Crippen molar-refractivity contribution in [3.63, 3.8) is 0 Å². The number of methoxy groups -OCH3 is 2. The summed E-state index contributed by atoms with van der Waals surface area (Å²) in [5.41, 5.74) is 1.48. The highest BCUT2D eigenvalue weighted by Crippen LogP contribution is 2.34. The number of allylic oxidation sites excluding steroid dienone is 1. The fourth-order valence-corrected chi connectivity index (χ4v) is 3.00. The van der Waals surface area contributed by atoms with Crippen molar-refractivity contribution in [3.05, 3.63) is 61.2 Å². The lowest BCUT2D eigenvalue weighted by atomic mass is 10.0. The van der Waals surface area contributed by atoms with Crippen LogP contribution in [0.25, 0.3) is 11.6 Å². The lowest BCUT2D eigenvalue weighted by molar-refractivity contribution is -0.384. The monoisotopic (exact) mass is 436 g/mol. The van der Waals surface area contributed by atoms with E-state index in [1.165, 1.54) is 19.2 Å². The molecule has 0 saturated heterocycles. The SMILES string of the molecule is COc1cc(C=C(C#N)c2cccc([N+](=O)[O-])c2)cc(I)c1OC. The molecule has 0 radical (unpaired) electrons. The standard InChI is InChI=1S/C17H13IN2O4/c1-23-16-8-11(7-15(18)17(16)24-2)6-13(10-19)12-4-3-5-14(9-12)20(21)22/h3-9H,1-2H3. The molecule has 0 aliphatic carbocycles. The lowest BCUT2D eigenvalue weighted by Crippen LogP contribution is -1.94. The van der Waals surface area contributed by atoms with E-state index in [0.29, 0.717) is 22.6 Å². The first-order chi connectivity index (χ1) is 11.5. The Morgan fingerprint density at radius 1 is 1.29 bits per heavy atom. The molecule has 0 amide bonds. The summed E-state index contributed by atoms with van der Waals surface area (Å²) >= 11 is 2.12. The van der Waals surface area contributed by atoms with Gasteiger partial charge in [0.1, 0.15) is 0 Å². The third kappa shape index (κ3) is 3.83. The molecule has 0 aliphatic heterocycles. The van der Waals surface area contributed by atoms with Crippen molar-refractivity contribution in [2.45, 2.75) is 0 Å². The second-order valence-corrected chi connectivity index (χ2v) is 5.88. The predicted molar refractivity (Wildman–Crippen MR) is 98.8 cm³/mol. The highest BCUT2D eigenvalue weighted by atomic mass is 127. The van der Waals surface area contributed by atoms with Crippen LogP contribution in [-0.2, 0) is 0 Å². The molecule has 2 aromatic rings. The van der Waals surface area contributed by atoms with Crippen LogP contribution in [0.15, 0.2) is 36.4 Å². The molecule has 2 aromatic carbocycles. The van der Waals surface area contributed by atoms with Gasteiger partial charge in [-0.3, -0.25) is 10.1 Å². The molecule has 0 N–H and O–H groups in total. The largest absolute Gasteiger partial charge is 0.493 e. The molecular formula is C17H13IN2O4. The van der Waals surface area contributed by atoms with E-state index in [9.17, 15) is 15.4 Å². The molecule has 0 saturated carbocycles. The summed E-state index contributed by atoms with van der Waals surface area (Å²) in [6.45, 7) is 0. The van der Waals surface area contributed by atoms with Crippen LogP contribution in [0, 0.1) is 25.0 Å². The van der Waals surface area contributed by atoms with Gasteiger partial charge in [-0.05, 0) is 51.9 Å². The molecule has 0 aliphatic rings. The third-order valence-corrected chi connectivity index (χ3v) is 4.06. The number of nitriles is 1. The topological polar surface area (TPSA) is 85.4 Å². The quantitative estimate of drug-likeness (QED) is 0.230. The van der Waals surface area contributed by atoms with Crippen LogP contribution in [0.3, 0.4) is 0 Å². The maximum atomic E-state index is 10.9. The van der Waals surface area contributed by atoms with Crippen molar-refractivity contribution < 1.29 is 14.4 Å². The number of nitro groups is 1. The van der Waals surface area contributed by atoms with E-state index in [-0.39, 0.29) is 5.69 Å². The van der Waals surface area contributed by atoms with Crippen molar-refractivity contribution in [1.82, 2.24) is 0 Å². The van der Waals surface area contributed by atoms with Crippen molar-refractivity contribution in [2.24, 2.45) is 0 Å². The molecule has 0 heterocycles. The Balaban J connectivity index is 2.52. The van der Waals surface area contributed by atoms with Crippen LogP contribution >= 0.6 is 22.6 Å². The number of ether oxygens (including phenoxy) is 2. The summed E-state index contributed by atoms with van der Waals surface area (Å²) in [5.74, 6) is 1.16. The Hall–Kier alpha value is -2.60. The van der Waals surface area contributed by atoms with Gasteiger partial charge in [-0.15, -0.1) is 0 Å². The van der Waals surface area contributed by atoms with E-state index in [2.05, 4.69) is 28.7 Å². The molecule has 6 nitrogen and oxygen atoms in total. The smallest absolute Gasteiger partial charge is 0.270 e. The van der Waals surface area contributed by atoms with Crippen molar-refractivity contribution in [2.75, 3.05) is 14.2 Å². The molecule has 0 fully saturated rings. The van der Waals surface area contributed by atoms with Gasteiger partial charge in [0.15, 0.2) is 11.5 Å². The molecule has 24 heavy (non-hydrogen) atoms. The van der Waals surface area contributed by atoms with Gasteiger partial charge in [0.25, 0.3) is 5.69 Å². The van der Waals surface area contributed by atoms with Crippen LogP contribution in [-0.4, -0.2) is 19.1 Å². The Morgan fingerprint density at radius 2 is 2.04 bits per heavy atom. The molecule has 0 bridgehead atoms. The summed E-state index contributed by atoms with van der Waals surface area (Å²) < 4.78 is 11.4. The predicted octanol–water partition coefficient (Wildman–Crippen LogP) is 4.28. The second kappa shape index (κ2) is 7.79. The van der Waals surface area contributed by atoms with Gasteiger partial charge in [0.05, 0.1) is 34.4 Å². The molecule has 0 aromatic heterocycles. The van der Waals surface area contributed by atoms with Gasteiger partial charge in [0, 0.05) is 12.1 Å². The van der Waals surface area contributed by atoms with Gasteiger partial charge in [-0.1, -0.05) is 12.1 Å². The second-order valence-electron chi connectivity index (χ2n) is 4.72. The van der Waals surface area contributed by atoms with Crippen LogP contribution in [0.4, 0.5) is 5.69 Å². The molecule has 122 valence electrons. The first-order valence-corrected chi connectivity index (χ1v) is 7.86. The van der Waals surface area contributed by atoms with E-state index in [1.54, 1.807) is 31.4 Å². The minimum Gasteiger partial charge on any atom is -0.493 e. The van der Waals surface area contributed by atoms with E-state index in [0.717, 1.165) is 9.13 Å². The molecule has 0 atom stereocenters. The zero-order chi connectivity index (χ0) is 17.7. The normalized spacial score (nSPS) is 10.8. The van der Waals surface area contributed by atoms with Gasteiger partial charge in [0.2, 0.25) is 0 Å². The summed E-state index contributed by atoms with van der Waals surface area (Å²) in [6, 6.07) is 11.6. The minimum atomic E-state index is -0.488. The van der Waals surface area contributed by atoms with Crippen molar-refractivity contribution >= 4 is 39.9 Å². The Labute approximate surface area is 152 Å². The van der Waals surface area contributed by atoms with Crippen LogP contribution in [0.2, 0.25) is 0 Å². The summed E-state index contributed by atoms with van der Waals surface area (Å²) in [5, 5.41) is 20.3. The summed E-state index contributed by atoms with van der Waals surface area (Å²) in [6.07, 6.45) is 1.66. The van der Waals surface area contributed by atoms with Gasteiger partial charge in [-0.2, -0.15) is 5.26 Å². The Kier molecular flexibility index (Phi) is 5.76. The zero-order valence-electron chi connectivity index (χ0n) is 12.9. The highest BCUT2D eigenvalue weighted by molar-refractivity contribution is 14.1. The maximum absolute atomic E-state index is 10.9. The van der Waals surface area contributed by atoms with E-state index in [1.807, 2.05) is 6.07 Å². The fraction of sp³-hybridized carbons (Fsp3) is 0.118. The average Bonchev–Trinajstić information content (AvgIpc) is 2.59. The van der Waals surface area contributed by atoms with Crippen LogP contribution < -0.4 is 9.47 Å². The third-order valence-electron chi connectivity index (χ3n) is 3.26. The van der Waals surface area contributed by atoms with Gasteiger partial charge < -0.3 is 9.47 Å². The number of rotatable bonds is 5. The van der Waals surface area contributed by atoms with Crippen LogP contribution in [0.5, 0.6) is 11.5 Å². The van der Waals surface area contributed by atoms with Gasteiger partial charge in [-0.25, -0.2) is 0 Å². The number of benzene rings is 2.